The number of benzene rings is 3. The summed E-state index contributed by atoms with van der Waals surface area (Å²) in [7, 11) is 0. The van der Waals surface area contributed by atoms with Crippen molar-refractivity contribution in [3.63, 3.8) is 0 Å². The van der Waals surface area contributed by atoms with E-state index in [0.29, 0.717) is 16.7 Å². The second-order valence-electron chi connectivity index (χ2n) is 6.67. The normalized spacial score (nSPS) is 12.7. The number of aromatic nitrogens is 3. The van der Waals surface area contributed by atoms with E-state index >= 15 is 0 Å². The summed E-state index contributed by atoms with van der Waals surface area (Å²) in [4.78, 5) is 4.12. The molecule has 0 spiro atoms. The fourth-order valence-corrected chi connectivity index (χ4v) is 3.43. The molecule has 0 bridgehead atoms. The summed E-state index contributed by atoms with van der Waals surface area (Å²) in [6.45, 7) is 0.358. The summed E-state index contributed by atoms with van der Waals surface area (Å²) >= 11 is 12.2. The van der Waals surface area contributed by atoms with Gasteiger partial charge in [-0.2, -0.15) is 5.10 Å². The first-order valence-electron chi connectivity index (χ1n) is 9.43. The zero-order chi connectivity index (χ0) is 20.8. The van der Waals surface area contributed by atoms with Gasteiger partial charge in [-0.1, -0.05) is 89.9 Å². The molecule has 150 valence electrons. The molecular formula is C24H19Cl2N3O. The van der Waals surface area contributed by atoms with Gasteiger partial charge in [0.05, 0.1) is 22.3 Å². The SMILES string of the molecule is Clc1ccc(COC(C(=Cc2ccccc2)n2cncn2)c2ccccc2)cc1Cl. The zero-order valence-corrected chi connectivity index (χ0v) is 17.5. The largest absolute Gasteiger partial charge is 0.362 e. The maximum atomic E-state index is 6.41. The van der Waals surface area contributed by atoms with Crippen LogP contribution >= 0.6 is 23.2 Å². The highest BCUT2D eigenvalue weighted by molar-refractivity contribution is 6.42. The Morgan fingerprint density at radius 1 is 0.933 bits per heavy atom. The van der Waals surface area contributed by atoms with E-state index in [4.69, 9.17) is 27.9 Å². The molecule has 1 aromatic heterocycles. The number of rotatable bonds is 7. The van der Waals surface area contributed by atoms with Crippen LogP contribution in [0.15, 0.2) is 91.5 Å². The van der Waals surface area contributed by atoms with E-state index < -0.39 is 0 Å². The Morgan fingerprint density at radius 2 is 1.67 bits per heavy atom. The Kier molecular flexibility index (Phi) is 6.60. The van der Waals surface area contributed by atoms with Crippen molar-refractivity contribution in [2.75, 3.05) is 0 Å². The van der Waals surface area contributed by atoms with Crippen LogP contribution in [0, 0.1) is 0 Å². The Labute approximate surface area is 185 Å². The average Bonchev–Trinajstić information content (AvgIpc) is 3.32. The molecule has 4 aromatic rings. The molecule has 0 saturated heterocycles. The van der Waals surface area contributed by atoms with E-state index in [1.807, 2.05) is 72.8 Å². The molecular weight excluding hydrogens is 417 g/mol. The lowest BCUT2D eigenvalue weighted by molar-refractivity contribution is 0.0747. The van der Waals surface area contributed by atoms with Gasteiger partial charge in [-0.3, -0.25) is 0 Å². The smallest absolute Gasteiger partial charge is 0.138 e. The number of ether oxygens (including phenoxy) is 1. The van der Waals surface area contributed by atoms with Crippen molar-refractivity contribution in [2.45, 2.75) is 12.7 Å². The molecule has 0 aliphatic heterocycles. The standard InChI is InChI=1S/C24H19Cl2N3O/c25-21-12-11-19(13-22(21)26)15-30-24(20-9-5-2-6-10-20)23(29-17-27-16-28-29)14-18-7-3-1-4-8-18/h1-14,16-17,24H,15H2. The van der Waals surface area contributed by atoms with E-state index in [1.54, 1.807) is 17.1 Å². The molecule has 0 radical (unpaired) electrons. The zero-order valence-electron chi connectivity index (χ0n) is 16.0. The Bertz CT molecular complexity index is 1110. The third-order valence-corrected chi connectivity index (χ3v) is 5.31. The van der Waals surface area contributed by atoms with Crippen LogP contribution < -0.4 is 0 Å². The van der Waals surface area contributed by atoms with Gasteiger partial charge in [0.15, 0.2) is 0 Å². The summed E-state index contributed by atoms with van der Waals surface area (Å²) in [6, 6.07) is 25.6. The van der Waals surface area contributed by atoms with Crippen molar-refractivity contribution in [2.24, 2.45) is 0 Å². The van der Waals surface area contributed by atoms with Crippen LogP contribution in [0.1, 0.15) is 22.8 Å². The predicted molar refractivity (Wildman–Crippen MR) is 121 cm³/mol. The Morgan fingerprint density at radius 3 is 2.33 bits per heavy atom. The molecule has 0 N–H and O–H groups in total. The van der Waals surface area contributed by atoms with Crippen LogP contribution in [0.3, 0.4) is 0 Å². The van der Waals surface area contributed by atoms with E-state index in [2.05, 4.69) is 16.2 Å². The molecule has 0 aliphatic carbocycles. The van der Waals surface area contributed by atoms with Gasteiger partial charge in [0.1, 0.15) is 18.8 Å². The van der Waals surface area contributed by atoms with Gasteiger partial charge < -0.3 is 4.74 Å². The quantitative estimate of drug-likeness (QED) is 0.330. The van der Waals surface area contributed by atoms with Crippen LogP contribution in [0.25, 0.3) is 11.8 Å². The topological polar surface area (TPSA) is 39.9 Å². The first kappa shape index (κ1) is 20.4. The van der Waals surface area contributed by atoms with Crippen molar-refractivity contribution in [3.05, 3.63) is 118 Å². The molecule has 4 rings (SSSR count). The summed E-state index contributed by atoms with van der Waals surface area (Å²) < 4.78 is 8.14. The second kappa shape index (κ2) is 9.72. The van der Waals surface area contributed by atoms with Crippen LogP contribution in [0.2, 0.25) is 10.0 Å². The van der Waals surface area contributed by atoms with Crippen LogP contribution in [0.4, 0.5) is 0 Å². The molecule has 3 aromatic carbocycles. The summed E-state index contributed by atoms with van der Waals surface area (Å²) in [5, 5.41) is 5.38. The molecule has 4 nitrogen and oxygen atoms in total. The highest BCUT2D eigenvalue weighted by Crippen LogP contribution is 2.32. The summed E-state index contributed by atoms with van der Waals surface area (Å²) in [6.07, 6.45) is 4.87. The lowest BCUT2D eigenvalue weighted by Crippen LogP contribution is -2.12. The minimum absolute atomic E-state index is 0.358. The highest BCUT2D eigenvalue weighted by atomic mass is 35.5. The lowest BCUT2D eigenvalue weighted by Gasteiger charge is -2.22. The minimum Gasteiger partial charge on any atom is -0.362 e. The van der Waals surface area contributed by atoms with Crippen molar-refractivity contribution < 1.29 is 4.74 Å². The molecule has 0 fully saturated rings. The Hall–Kier alpha value is -2.92. The number of halogens is 2. The fourth-order valence-electron chi connectivity index (χ4n) is 3.11. The van der Waals surface area contributed by atoms with Gasteiger partial charge in [0.25, 0.3) is 0 Å². The molecule has 0 saturated carbocycles. The van der Waals surface area contributed by atoms with Gasteiger partial charge in [-0.25, -0.2) is 9.67 Å². The first-order valence-corrected chi connectivity index (χ1v) is 10.2. The second-order valence-corrected chi connectivity index (χ2v) is 7.48. The number of hydrogen-bond donors (Lipinski definition) is 0. The maximum Gasteiger partial charge on any atom is 0.138 e. The highest BCUT2D eigenvalue weighted by Gasteiger charge is 2.20. The van der Waals surface area contributed by atoms with Crippen molar-refractivity contribution >= 4 is 35.0 Å². The van der Waals surface area contributed by atoms with Crippen molar-refractivity contribution in [1.29, 1.82) is 0 Å². The molecule has 30 heavy (non-hydrogen) atoms. The molecule has 6 heteroatoms. The van der Waals surface area contributed by atoms with Crippen LogP contribution in [-0.2, 0) is 11.3 Å². The first-order chi connectivity index (χ1) is 14.7. The average molecular weight is 436 g/mol. The molecule has 1 heterocycles. The van der Waals surface area contributed by atoms with Gasteiger partial charge in [-0.15, -0.1) is 0 Å². The van der Waals surface area contributed by atoms with Gasteiger partial charge in [0, 0.05) is 0 Å². The summed E-state index contributed by atoms with van der Waals surface area (Å²) in [5.41, 5.74) is 3.84. The molecule has 1 atom stereocenters. The fraction of sp³-hybridized carbons (Fsp3) is 0.0833. The molecule has 0 amide bonds. The van der Waals surface area contributed by atoms with Gasteiger partial charge >= 0.3 is 0 Å². The maximum absolute atomic E-state index is 6.41. The lowest BCUT2D eigenvalue weighted by atomic mass is 10.0. The third kappa shape index (κ3) is 4.97. The number of nitrogens with zero attached hydrogens (tertiary/aromatic N) is 3. The van der Waals surface area contributed by atoms with E-state index in [-0.39, 0.29) is 6.10 Å². The Balaban J connectivity index is 1.72. The predicted octanol–water partition coefficient (Wildman–Crippen LogP) is 6.54. The van der Waals surface area contributed by atoms with Crippen LogP contribution in [0.5, 0.6) is 0 Å². The molecule has 1 unspecified atom stereocenters. The van der Waals surface area contributed by atoms with Gasteiger partial charge in [-0.05, 0) is 34.9 Å². The van der Waals surface area contributed by atoms with E-state index in [0.717, 1.165) is 22.4 Å². The van der Waals surface area contributed by atoms with Gasteiger partial charge in [0.2, 0.25) is 0 Å². The monoisotopic (exact) mass is 435 g/mol. The summed E-state index contributed by atoms with van der Waals surface area (Å²) in [5.74, 6) is 0. The third-order valence-electron chi connectivity index (χ3n) is 4.57. The van der Waals surface area contributed by atoms with E-state index in [9.17, 15) is 0 Å². The van der Waals surface area contributed by atoms with Crippen molar-refractivity contribution in [3.8, 4) is 0 Å². The van der Waals surface area contributed by atoms with E-state index in [1.165, 1.54) is 6.33 Å². The number of hydrogen-bond acceptors (Lipinski definition) is 3. The van der Waals surface area contributed by atoms with Crippen molar-refractivity contribution in [1.82, 2.24) is 14.8 Å². The van der Waals surface area contributed by atoms with Crippen LogP contribution in [-0.4, -0.2) is 14.8 Å². The molecule has 0 aliphatic rings. The minimum atomic E-state index is -0.373.